The van der Waals surface area contributed by atoms with Crippen LogP contribution in [0.5, 0.6) is 11.5 Å². The molecular formula is C14H10F2O3. The van der Waals surface area contributed by atoms with Crippen LogP contribution in [-0.2, 0) is 0 Å². The zero-order chi connectivity index (χ0) is 14.0. The molecule has 0 aliphatic rings. The molecule has 0 heterocycles. The summed E-state index contributed by atoms with van der Waals surface area (Å²) in [5.41, 5.74) is 0.515. The first kappa shape index (κ1) is 13.0. The Balaban J connectivity index is 2.35. The standard InChI is InChI=1S/C14H10F2O3/c1-8-2-4-10(5-3-8)19-13-11(15)6-9(14(17)18)7-12(13)16/h2-7H,1H3,(H,17,18). The highest BCUT2D eigenvalue weighted by atomic mass is 19.1. The smallest absolute Gasteiger partial charge is 0.335 e. The lowest BCUT2D eigenvalue weighted by atomic mass is 10.2. The maximum absolute atomic E-state index is 13.6. The number of aryl methyl sites for hydroxylation is 1. The summed E-state index contributed by atoms with van der Waals surface area (Å²) in [6.07, 6.45) is 0. The number of rotatable bonds is 3. The van der Waals surface area contributed by atoms with E-state index >= 15 is 0 Å². The van der Waals surface area contributed by atoms with Crippen LogP contribution in [0.3, 0.4) is 0 Å². The topological polar surface area (TPSA) is 46.5 Å². The number of carboxylic acid groups (broad SMARTS) is 1. The summed E-state index contributed by atoms with van der Waals surface area (Å²) in [5.74, 6) is -3.86. The van der Waals surface area contributed by atoms with Gasteiger partial charge < -0.3 is 9.84 Å². The molecule has 2 aromatic rings. The fourth-order valence-electron chi connectivity index (χ4n) is 1.51. The number of carboxylic acids is 1. The zero-order valence-corrected chi connectivity index (χ0v) is 9.98. The highest BCUT2D eigenvalue weighted by molar-refractivity contribution is 5.87. The summed E-state index contributed by atoms with van der Waals surface area (Å²) < 4.78 is 32.3. The van der Waals surface area contributed by atoms with E-state index in [2.05, 4.69) is 0 Å². The molecule has 0 aliphatic carbocycles. The Morgan fingerprint density at radius 2 is 1.63 bits per heavy atom. The molecule has 0 aromatic heterocycles. The fraction of sp³-hybridized carbons (Fsp3) is 0.0714. The normalized spacial score (nSPS) is 10.3. The number of hydrogen-bond donors (Lipinski definition) is 1. The Kier molecular flexibility index (Phi) is 3.46. The molecule has 2 rings (SSSR count). The van der Waals surface area contributed by atoms with Gasteiger partial charge in [-0.1, -0.05) is 17.7 Å². The number of ether oxygens (including phenoxy) is 1. The van der Waals surface area contributed by atoms with Gasteiger partial charge in [0.25, 0.3) is 0 Å². The van der Waals surface area contributed by atoms with Crippen molar-refractivity contribution in [3.63, 3.8) is 0 Å². The molecule has 0 fully saturated rings. The largest absolute Gasteiger partial charge is 0.478 e. The van der Waals surface area contributed by atoms with Crippen LogP contribution >= 0.6 is 0 Å². The lowest BCUT2D eigenvalue weighted by Crippen LogP contribution is -2.01. The van der Waals surface area contributed by atoms with Crippen LogP contribution in [0.1, 0.15) is 15.9 Å². The summed E-state index contributed by atoms with van der Waals surface area (Å²) >= 11 is 0. The molecule has 5 heteroatoms. The molecule has 1 N–H and O–H groups in total. The van der Waals surface area contributed by atoms with Gasteiger partial charge >= 0.3 is 5.97 Å². The number of benzene rings is 2. The quantitative estimate of drug-likeness (QED) is 0.918. The third-order valence-corrected chi connectivity index (χ3v) is 2.49. The van der Waals surface area contributed by atoms with Gasteiger partial charge in [0.05, 0.1) is 5.56 Å². The van der Waals surface area contributed by atoms with Gasteiger partial charge in [0, 0.05) is 0 Å². The van der Waals surface area contributed by atoms with Gasteiger partial charge in [0.1, 0.15) is 5.75 Å². The lowest BCUT2D eigenvalue weighted by Gasteiger charge is -2.08. The van der Waals surface area contributed by atoms with Gasteiger partial charge in [-0.2, -0.15) is 0 Å². The Hall–Kier alpha value is -2.43. The second-order valence-corrected chi connectivity index (χ2v) is 3.99. The van der Waals surface area contributed by atoms with Crippen molar-refractivity contribution in [1.29, 1.82) is 0 Å². The molecule has 0 saturated carbocycles. The summed E-state index contributed by atoms with van der Waals surface area (Å²) in [6.45, 7) is 1.87. The lowest BCUT2D eigenvalue weighted by molar-refractivity contribution is 0.0695. The maximum atomic E-state index is 13.6. The van der Waals surface area contributed by atoms with E-state index in [1.807, 2.05) is 6.92 Å². The summed E-state index contributed by atoms with van der Waals surface area (Å²) in [4.78, 5) is 10.6. The monoisotopic (exact) mass is 264 g/mol. The number of carbonyl (C=O) groups is 1. The van der Waals surface area contributed by atoms with Gasteiger partial charge in [0.2, 0.25) is 0 Å². The van der Waals surface area contributed by atoms with Gasteiger partial charge in [-0.15, -0.1) is 0 Å². The van der Waals surface area contributed by atoms with Crippen LogP contribution in [0.15, 0.2) is 36.4 Å². The molecule has 0 radical (unpaired) electrons. The Labute approximate surface area is 108 Å². The van der Waals surface area contributed by atoms with Crippen molar-refractivity contribution in [2.75, 3.05) is 0 Å². The van der Waals surface area contributed by atoms with E-state index in [9.17, 15) is 13.6 Å². The molecule has 0 bridgehead atoms. The predicted molar refractivity (Wildman–Crippen MR) is 64.6 cm³/mol. The van der Waals surface area contributed by atoms with Crippen LogP contribution in [0, 0.1) is 18.6 Å². The van der Waals surface area contributed by atoms with Crippen molar-refractivity contribution < 1.29 is 23.4 Å². The first-order chi connectivity index (χ1) is 8.97. The molecule has 0 amide bonds. The van der Waals surface area contributed by atoms with E-state index in [0.29, 0.717) is 0 Å². The minimum Gasteiger partial charge on any atom is -0.478 e. The SMILES string of the molecule is Cc1ccc(Oc2c(F)cc(C(=O)O)cc2F)cc1. The third-order valence-electron chi connectivity index (χ3n) is 2.49. The molecule has 98 valence electrons. The Bertz CT molecular complexity index is 598. The highest BCUT2D eigenvalue weighted by Crippen LogP contribution is 2.28. The summed E-state index contributed by atoms with van der Waals surface area (Å²) in [6, 6.07) is 8.04. The molecule has 0 atom stereocenters. The first-order valence-corrected chi connectivity index (χ1v) is 5.44. The molecule has 0 unspecified atom stereocenters. The van der Waals surface area contributed by atoms with Crippen molar-refractivity contribution in [3.8, 4) is 11.5 Å². The van der Waals surface area contributed by atoms with Gasteiger partial charge in [-0.3, -0.25) is 0 Å². The minimum atomic E-state index is -1.40. The fourth-order valence-corrected chi connectivity index (χ4v) is 1.51. The van der Waals surface area contributed by atoms with Gasteiger partial charge in [-0.25, -0.2) is 13.6 Å². The van der Waals surface area contributed by atoms with E-state index < -0.39 is 28.9 Å². The van der Waals surface area contributed by atoms with E-state index in [4.69, 9.17) is 9.84 Å². The van der Waals surface area contributed by atoms with E-state index in [1.54, 1.807) is 24.3 Å². The minimum absolute atomic E-state index is 0.270. The third kappa shape index (κ3) is 2.88. The highest BCUT2D eigenvalue weighted by Gasteiger charge is 2.16. The van der Waals surface area contributed by atoms with Crippen LogP contribution in [0.4, 0.5) is 8.78 Å². The van der Waals surface area contributed by atoms with Crippen molar-refractivity contribution in [2.24, 2.45) is 0 Å². The second kappa shape index (κ2) is 5.06. The Morgan fingerprint density at radius 1 is 1.11 bits per heavy atom. The molecule has 0 aliphatic heterocycles. The average molecular weight is 264 g/mol. The zero-order valence-electron chi connectivity index (χ0n) is 9.98. The first-order valence-electron chi connectivity index (χ1n) is 5.44. The van der Waals surface area contributed by atoms with E-state index in [0.717, 1.165) is 17.7 Å². The Morgan fingerprint density at radius 3 is 2.11 bits per heavy atom. The van der Waals surface area contributed by atoms with Crippen LogP contribution in [0.25, 0.3) is 0 Å². The molecule has 19 heavy (non-hydrogen) atoms. The number of halogens is 2. The molecule has 0 spiro atoms. The van der Waals surface area contributed by atoms with Crippen LogP contribution in [0.2, 0.25) is 0 Å². The predicted octanol–water partition coefficient (Wildman–Crippen LogP) is 3.76. The van der Waals surface area contributed by atoms with Crippen molar-refractivity contribution >= 4 is 5.97 Å². The number of aromatic carboxylic acids is 1. The molecule has 2 aromatic carbocycles. The molecule has 0 saturated heterocycles. The van der Waals surface area contributed by atoms with E-state index in [-0.39, 0.29) is 5.75 Å². The molecular weight excluding hydrogens is 254 g/mol. The van der Waals surface area contributed by atoms with Gasteiger partial charge in [-0.05, 0) is 31.2 Å². The van der Waals surface area contributed by atoms with E-state index in [1.165, 1.54) is 0 Å². The second-order valence-electron chi connectivity index (χ2n) is 3.99. The molecule has 3 nitrogen and oxygen atoms in total. The summed E-state index contributed by atoms with van der Waals surface area (Å²) in [7, 11) is 0. The van der Waals surface area contributed by atoms with Crippen LogP contribution < -0.4 is 4.74 Å². The van der Waals surface area contributed by atoms with Crippen LogP contribution in [-0.4, -0.2) is 11.1 Å². The van der Waals surface area contributed by atoms with Crippen molar-refractivity contribution in [1.82, 2.24) is 0 Å². The maximum Gasteiger partial charge on any atom is 0.335 e. The van der Waals surface area contributed by atoms with Crippen molar-refractivity contribution in [3.05, 3.63) is 59.2 Å². The number of hydrogen-bond acceptors (Lipinski definition) is 2. The van der Waals surface area contributed by atoms with Gasteiger partial charge in [0.15, 0.2) is 17.4 Å². The summed E-state index contributed by atoms with van der Waals surface area (Å²) in [5, 5.41) is 8.67. The van der Waals surface area contributed by atoms with Crippen molar-refractivity contribution in [2.45, 2.75) is 6.92 Å². The average Bonchev–Trinajstić information content (AvgIpc) is 2.35.